The van der Waals surface area contributed by atoms with Crippen LogP contribution in [0.15, 0.2) is 48.5 Å². The molecule has 7 heteroatoms. The maximum atomic E-state index is 14.1. The summed E-state index contributed by atoms with van der Waals surface area (Å²) in [6.07, 6.45) is 1.36. The standard InChI is InChI=1S/C31H45N3O4/c1-9-14-23(5)32-28(35)27(25-18-17-21(3)22(4)19-25)34(10-2)29(36)26(20-24-15-12-11-13-16-24)33-30(37)38-31(6,7)8/h11-13,15-19,23,26-27H,9-10,14,20H2,1-8H3,(H,32,35)(H,33,37). The van der Waals surface area contributed by atoms with Crippen LogP contribution in [0.25, 0.3) is 0 Å². The van der Waals surface area contributed by atoms with Crippen LogP contribution in [-0.2, 0) is 20.7 Å². The Balaban J connectivity index is 2.49. The molecule has 0 fully saturated rings. The van der Waals surface area contributed by atoms with Crippen molar-refractivity contribution in [3.05, 3.63) is 70.8 Å². The number of nitrogens with zero attached hydrogens (tertiary/aromatic N) is 1. The van der Waals surface area contributed by atoms with Gasteiger partial charge in [0.2, 0.25) is 11.8 Å². The van der Waals surface area contributed by atoms with E-state index >= 15 is 0 Å². The van der Waals surface area contributed by atoms with E-state index < -0.39 is 23.8 Å². The van der Waals surface area contributed by atoms with Crippen molar-refractivity contribution in [1.82, 2.24) is 15.5 Å². The molecule has 0 aliphatic heterocycles. The molecule has 38 heavy (non-hydrogen) atoms. The first-order chi connectivity index (χ1) is 17.9. The van der Waals surface area contributed by atoms with Crippen LogP contribution in [0.2, 0.25) is 0 Å². The Morgan fingerprint density at radius 3 is 2.16 bits per heavy atom. The average molecular weight is 524 g/mol. The molecule has 0 aromatic heterocycles. The van der Waals surface area contributed by atoms with Gasteiger partial charge in [0.25, 0.3) is 0 Å². The smallest absolute Gasteiger partial charge is 0.408 e. The molecule has 3 unspecified atom stereocenters. The maximum Gasteiger partial charge on any atom is 0.408 e. The fourth-order valence-corrected chi connectivity index (χ4v) is 4.40. The molecular weight excluding hydrogens is 478 g/mol. The average Bonchev–Trinajstić information content (AvgIpc) is 2.83. The molecule has 2 rings (SSSR count). The minimum Gasteiger partial charge on any atom is -0.444 e. The molecule has 2 N–H and O–H groups in total. The van der Waals surface area contributed by atoms with Gasteiger partial charge in [0, 0.05) is 19.0 Å². The lowest BCUT2D eigenvalue weighted by molar-refractivity contribution is -0.142. The number of rotatable bonds is 11. The lowest BCUT2D eigenvalue weighted by Crippen LogP contribution is -2.54. The van der Waals surface area contributed by atoms with E-state index in [-0.39, 0.29) is 30.8 Å². The van der Waals surface area contributed by atoms with Crippen LogP contribution >= 0.6 is 0 Å². The van der Waals surface area contributed by atoms with Crippen LogP contribution in [0.5, 0.6) is 0 Å². The number of carbonyl (C=O) groups is 3. The Morgan fingerprint density at radius 2 is 1.61 bits per heavy atom. The summed E-state index contributed by atoms with van der Waals surface area (Å²) < 4.78 is 5.47. The highest BCUT2D eigenvalue weighted by Crippen LogP contribution is 2.25. The van der Waals surface area contributed by atoms with E-state index in [0.717, 1.165) is 35.1 Å². The number of hydrogen-bond donors (Lipinski definition) is 2. The first-order valence-electron chi connectivity index (χ1n) is 13.6. The van der Waals surface area contributed by atoms with Crippen molar-refractivity contribution in [3.8, 4) is 0 Å². The highest BCUT2D eigenvalue weighted by atomic mass is 16.6. The lowest BCUT2D eigenvalue weighted by Gasteiger charge is -2.34. The summed E-state index contributed by atoms with van der Waals surface area (Å²) in [5, 5.41) is 5.88. The molecule has 0 radical (unpaired) electrons. The predicted molar refractivity (Wildman–Crippen MR) is 152 cm³/mol. The van der Waals surface area contributed by atoms with Gasteiger partial charge in [0.1, 0.15) is 17.7 Å². The molecule has 2 aromatic carbocycles. The first-order valence-corrected chi connectivity index (χ1v) is 13.6. The fourth-order valence-electron chi connectivity index (χ4n) is 4.40. The minimum absolute atomic E-state index is 0.0321. The molecule has 0 aliphatic carbocycles. The van der Waals surface area contributed by atoms with Crippen molar-refractivity contribution in [3.63, 3.8) is 0 Å². The molecular formula is C31H45N3O4. The molecule has 7 nitrogen and oxygen atoms in total. The molecule has 3 amide bonds. The number of alkyl carbamates (subject to hydrolysis) is 1. The van der Waals surface area contributed by atoms with Crippen molar-refractivity contribution < 1.29 is 19.1 Å². The van der Waals surface area contributed by atoms with Crippen molar-refractivity contribution in [2.24, 2.45) is 0 Å². The fraction of sp³-hybridized carbons (Fsp3) is 0.516. The highest BCUT2D eigenvalue weighted by molar-refractivity contribution is 5.92. The Bertz CT molecular complexity index is 1080. The third kappa shape index (κ3) is 9.19. The second kappa shape index (κ2) is 14.0. The summed E-state index contributed by atoms with van der Waals surface area (Å²) >= 11 is 0. The van der Waals surface area contributed by atoms with Gasteiger partial charge < -0.3 is 20.3 Å². The second-order valence-corrected chi connectivity index (χ2v) is 11.0. The normalized spacial score (nSPS) is 13.7. The van der Waals surface area contributed by atoms with Crippen LogP contribution in [0.1, 0.15) is 82.7 Å². The first kappa shape index (κ1) is 30.9. The number of benzene rings is 2. The van der Waals surface area contributed by atoms with E-state index in [9.17, 15) is 14.4 Å². The molecule has 0 aliphatic rings. The molecule has 208 valence electrons. The van der Waals surface area contributed by atoms with Crippen LogP contribution < -0.4 is 10.6 Å². The van der Waals surface area contributed by atoms with Crippen molar-refractivity contribution in [1.29, 1.82) is 0 Å². The number of carbonyl (C=O) groups excluding carboxylic acids is 3. The van der Waals surface area contributed by atoms with Gasteiger partial charge in [-0.05, 0) is 77.1 Å². The molecule has 2 aromatic rings. The Kier molecular flexibility index (Phi) is 11.4. The van der Waals surface area contributed by atoms with Gasteiger partial charge in [-0.3, -0.25) is 9.59 Å². The van der Waals surface area contributed by atoms with E-state index in [1.807, 2.05) is 76.2 Å². The lowest BCUT2D eigenvalue weighted by atomic mass is 9.97. The summed E-state index contributed by atoms with van der Waals surface area (Å²) in [6, 6.07) is 13.6. The van der Waals surface area contributed by atoms with Crippen molar-refractivity contribution in [2.75, 3.05) is 6.54 Å². The van der Waals surface area contributed by atoms with E-state index in [4.69, 9.17) is 4.74 Å². The third-order valence-electron chi connectivity index (χ3n) is 6.41. The molecule has 0 saturated heterocycles. The van der Waals surface area contributed by atoms with Gasteiger partial charge in [0.05, 0.1) is 0 Å². The highest BCUT2D eigenvalue weighted by Gasteiger charge is 2.36. The Hall–Kier alpha value is -3.35. The van der Waals surface area contributed by atoms with Gasteiger partial charge >= 0.3 is 6.09 Å². The zero-order valence-corrected chi connectivity index (χ0v) is 24.3. The second-order valence-electron chi connectivity index (χ2n) is 11.0. The summed E-state index contributed by atoms with van der Waals surface area (Å²) in [7, 11) is 0. The molecule has 0 bridgehead atoms. The molecule has 0 spiro atoms. The number of hydrogen-bond acceptors (Lipinski definition) is 4. The number of amides is 3. The van der Waals surface area contributed by atoms with E-state index in [2.05, 4.69) is 17.6 Å². The van der Waals surface area contributed by atoms with E-state index in [1.165, 1.54) is 0 Å². The third-order valence-corrected chi connectivity index (χ3v) is 6.41. The zero-order valence-electron chi connectivity index (χ0n) is 24.3. The topological polar surface area (TPSA) is 87.7 Å². The van der Waals surface area contributed by atoms with Gasteiger partial charge in [-0.15, -0.1) is 0 Å². The summed E-state index contributed by atoms with van der Waals surface area (Å²) in [6.45, 7) is 15.5. The summed E-state index contributed by atoms with van der Waals surface area (Å²) in [4.78, 5) is 42.2. The maximum absolute atomic E-state index is 14.1. The van der Waals surface area contributed by atoms with E-state index in [1.54, 1.807) is 25.7 Å². The summed E-state index contributed by atoms with van der Waals surface area (Å²) in [5.74, 6) is -0.580. The largest absolute Gasteiger partial charge is 0.444 e. The van der Waals surface area contributed by atoms with Crippen LogP contribution in [-0.4, -0.2) is 47.0 Å². The number of likely N-dealkylation sites (N-methyl/N-ethyl adjacent to an activating group) is 1. The Labute approximate surface area is 228 Å². The predicted octanol–water partition coefficient (Wildman–Crippen LogP) is 5.63. The SMILES string of the molecule is CCCC(C)NC(=O)C(c1ccc(C)c(C)c1)N(CC)C(=O)C(Cc1ccccc1)NC(=O)OC(C)(C)C. The summed E-state index contributed by atoms with van der Waals surface area (Å²) in [5.41, 5.74) is 3.06. The monoisotopic (exact) mass is 523 g/mol. The Morgan fingerprint density at radius 1 is 0.947 bits per heavy atom. The number of aryl methyl sites for hydroxylation is 2. The van der Waals surface area contributed by atoms with Crippen LogP contribution in [0.3, 0.4) is 0 Å². The van der Waals surface area contributed by atoms with E-state index in [0.29, 0.717) is 0 Å². The van der Waals surface area contributed by atoms with Crippen molar-refractivity contribution in [2.45, 2.75) is 98.4 Å². The number of nitrogens with one attached hydrogen (secondary N) is 2. The molecule has 0 saturated carbocycles. The minimum atomic E-state index is -0.915. The van der Waals surface area contributed by atoms with Gasteiger partial charge in [0.15, 0.2) is 0 Å². The van der Waals surface area contributed by atoms with Crippen molar-refractivity contribution >= 4 is 17.9 Å². The quantitative estimate of drug-likeness (QED) is 0.399. The zero-order chi connectivity index (χ0) is 28.5. The van der Waals surface area contributed by atoms with Gasteiger partial charge in [-0.1, -0.05) is 61.9 Å². The number of ether oxygens (including phenoxy) is 1. The van der Waals surface area contributed by atoms with Crippen LogP contribution in [0, 0.1) is 13.8 Å². The molecule has 3 atom stereocenters. The van der Waals surface area contributed by atoms with Gasteiger partial charge in [-0.2, -0.15) is 0 Å². The van der Waals surface area contributed by atoms with Crippen LogP contribution in [0.4, 0.5) is 4.79 Å². The van der Waals surface area contributed by atoms with Gasteiger partial charge in [-0.25, -0.2) is 4.79 Å². The molecule has 0 heterocycles.